The highest BCUT2D eigenvalue weighted by atomic mass is 32.2. The Morgan fingerprint density at radius 3 is 3.00 bits per heavy atom. The van der Waals surface area contributed by atoms with E-state index in [2.05, 4.69) is 25.9 Å². The maximum atomic E-state index is 10.8. The Balaban J connectivity index is 2.62. The number of nitrogens with one attached hydrogen (secondary N) is 2. The lowest BCUT2D eigenvalue weighted by Gasteiger charge is -2.11. The number of thioether (sulfide) groups is 1. The van der Waals surface area contributed by atoms with Gasteiger partial charge in [-0.25, -0.2) is 0 Å². The van der Waals surface area contributed by atoms with Gasteiger partial charge in [0.2, 0.25) is 5.91 Å². The number of aromatic amines is 1. The van der Waals surface area contributed by atoms with Crippen molar-refractivity contribution in [3.8, 4) is 0 Å². The Morgan fingerprint density at radius 1 is 1.77 bits per heavy atom. The number of rotatable bonds is 4. The molecule has 1 rings (SSSR count). The van der Waals surface area contributed by atoms with Gasteiger partial charge in [-0.15, -0.1) is 10.2 Å². The summed E-state index contributed by atoms with van der Waals surface area (Å²) in [5, 5.41) is 16.2. The lowest BCUT2D eigenvalue weighted by atomic mass is 10.3. The molecule has 0 aliphatic rings. The van der Waals surface area contributed by atoms with E-state index in [4.69, 9.17) is 0 Å². The second kappa shape index (κ2) is 4.80. The lowest BCUT2D eigenvalue weighted by Crippen LogP contribution is -2.28. The number of amides is 1. The molecule has 1 heterocycles. The molecule has 0 radical (unpaired) electrons. The summed E-state index contributed by atoms with van der Waals surface area (Å²) >= 11 is 1.61. The smallest absolute Gasteiger partial charge is 0.217 e. The zero-order valence-corrected chi connectivity index (χ0v) is 8.26. The number of hydrogen-bond acceptors (Lipinski definition) is 5. The number of H-pyrrole nitrogens is 1. The van der Waals surface area contributed by atoms with Crippen molar-refractivity contribution < 1.29 is 4.79 Å². The summed E-state index contributed by atoms with van der Waals surface area (Å²) in [4.78, 5) is 10.8. The van der Waals surface area contributed by atoms with Gasteiger partial charge < -0.3 is 5.32 Å². The van der Waals surface area contributed by atoms with Crippen LogP contribution < -0.4 is 5.32 Å². The number of nitrogens with zero attached hydrogens (tertiary/aromatic N) is 3. The lowest BCUT2D eigenvalue weighted by molar-refractivity contribution is -0.119. The van der Waals surface area contributed by atoms with Gasteiger partial charge in [0.15, 0.2) is 5.82 Å². The average Bonchev–Trinajstić information content (AvgIpc) is 2.54. The normalized spacial score (nSPS) is 12.5. The molecule has 1 aromatic rings. The average molecular weight is 201 g/mol. The van der Waals surface area contributed by atoms with Crippen LogP contribution in [0.5, 0.6) is 0 Å². The summed E-state index contributed by atoms with van der Waals surface area (Å²) in [5.74, 6) is 1.16. The van der Waals surface area contributed by atoms with Gasteiger partial charge in [0.25, 0.3) is 0 Å². The summed E-state index contributed by atoms with van der Waals surface area (Å²) in [6.07, 6.45) is 1.95. The van der Waals surface area contributed by atoms with Crippen LogP contribution in [-0.4, -0.2) is 38.5 Å². The standard InChI is InChI=1S/C6H11N5OS/c1-4(12)7-5(3-13-2)6-8-10-11-9-6/h5H,3H2,1-2H3,(H,7,12)(H,8,9,10,11)/t5-/m0/s1. The maximum absolute atomic E-state index is 10.8. The van der Waals surface area contributed by atoms with E-state index in [-0.39, 0.29) is 11.9 Å². The third-order valence-corrected chi connectivity index (χ3v) is 2.05. The quantitative estimate of drug-likeness (QED) is 0.701. The van der Waals surface area contributed by atoms with Gasteiger partial charge in [-0.1, -0.05) is 5.21 Å². The van der Waals surface area contributed by atoms with Crippen molar-refractivity contribution in [2.75, 3.05) is 12.0 Å². The fraction of sp³-hybridized carbons (Fsp3) is 0.667. The highest BCUT2D eigenvalue weighted by Crippen LogP contribution is 2.11. The van der Waals surface area contributed by atoms with Crippen molar-refractivity contribution in [1.29, 1.82) is 0 Å². The van der Waals surface area contributed by atoms with E-state index in [9.17, 15) is 4.79 Å². The highest BCUT2D eigenvalue weighted by Gasteiger charge is 2.15. The first-order valence-electron chi connectivity index (χ1n) is 3.73. The van der Waals surface area contributed by atoms with Crippen molar-refractivity contribution in [1.82, 2.24) is 25.9 Å². The first kappa shape index (κ1) is 9.97. The van der Waals surface area contributed by atoms with Gasteiger partial charge in [-0.3, -0.25) is 4.79 Å². The third-order valence-electron chi connectivity index (χ3n) is 1.38. The summed E-state index contributed by atoms with van der Waals surface area (Å²) in [5.41, 5.74) is 0. The summed E-state index contributed by atoms with van der Waals surface area (Å²) < 4.78 is 0. The molecule has 0 bridgehead atoms. The van der Waals surface area contributed by atoms with Gasteiger partial charge in [0.05, 0.1) is 0 Å². The molecule has 1 aromatic heterocycles. The van der Waals surface area contributed by atoms with Crippen molar-refractivity contribution in [3.63, 3.8) is 0 Å². The number of tetrazole rings is 1. The van der Waals surface area contributed by atoms with Crippen molar-refractivity contribution >= 4 is 17.7 Å². The molecular formula is C6H11N5OS. The highest BCUT2D eigenvalue weighted by molar-refractivity contribution is 7.98. The molecule has 0 aliphatic carbocycles. The molecule has 72 valence electrons. The number of carbonyl (C=O) groups excluding carboxylic acids is 1. The predicted octanol–water partition coefficient (Wildman–Crippen LogP) is -0.260. The van der Waals surface area contributed by atoms with E-state index in [1.807, 2.05) is 6.26 Å². The molecule has 0 aromatic carbocycles. The Bertz CT molecular complexity index is 262. The van der Waals surface area contributed by atoms with E-state index in [0.717, 1.165) is 5.75 Å². The molecule has 2 N–H and O–H groups in total. The largest absolute Gasteiger partial charge is 0.345 e. The first-order chi connectivity index (χ1) is 6.24. The van der Waals surface area contributed by atoms with Crippen LogP contribution in [0.1, 0.15) is 18.8 Å². The number of aromatic nitrogens is 4. The molecule has 0 aliphatic heterocycles. The Hall–Kier alpha value is -1.11. The molecule has 1 amide bonds. The van der Waals surface area contributed by atoms with Crippen molar-refractivity contribution in [2.24, 2.45) is 0 Å². The van der Waals surface area contributed by atoms with Crippen LogP contribution >= 0.6 is 11.8 Å². The fourth-order valence-electron chi connectivity index (χ4n) is 0.910. The van der Waals surface area contributed by atoms with Gasteiger partial charge in [0.1, 0.15) is 6.04 Å². The van der Waals surface area contributed by atoms with Gasteiger partial charge in [0, 0.05) is 12.7 Å². The van der Waals surface area contributed by atoms with Crippen LogP contribution in [0.3, 0.4) is 0 Å². The van der Waals surface area contributed by atoms with E-state index in [0.29, 0.717) is 5.82 Å². The minimum atomic E-state index is -0.161. The Kier molecular flexibility index (Phi) is 3.69. The fourth-order valence-corrected chi connectivity index (χ4v) is 1.48. The second-order valence-electron chi connectivity index (χ2n) is 2.48. The summed E-state index contributed by atoms with van der Waals surface area (Å²) in [7, 11) is 0. The molecule has 0 unspecified atom stereocenters. The maximum Gasteiger partial charge on any atom is 0.217 e. The first-order valence-corrected chi connectivity index (χ1v) is 5.12. The minimum Gasteiger partial charge on any atom is -0.345 e. The van der Waals surface area contributed by atoms with Crippen molar-refractivity contribution in [3.05, 3.63) is 5.82 Å². The topological polar surface area (TPSA) is 83.6 Å². The number of hydrogen-bond donors (Lipinski definition) is 2. The predicted molar refractivity (Wildman–Crippen MR) is 49.1 cm³/mol. The van der Waals surface area contributed by atoms with Crippen molar-refractivity contribution in [2.45, 2.75) is 13.0 Å². The molecular weight excluding hydrogens is 190 g/mol. The zero-order valence-electron chi connectivity index (χ0n) is 7.44. The summed E-state index contributed by atoms with van der Waals surface area (Å²) in [6.45, 7) is 1.47. The SMILES string of the molecule is CSC[C@H](NC(C)=O)c1nn[nH]n1. The minimum absolute atomic E-state index is 0.0937. The molecule has 0 fully saturated rings. The van der Waals surface area contributed by atoms with Crippen LogP contribution in [-0.2, 0) is 4.79 Å². The van der Waals surface area contributed by atoms with E-state index >= 15 is 0 Å². The monoisotopic (exact) mass is 201 g/mol. The van der Waals surface area contributed by atoms with Crippen LogP contribution in [0.25, 0.3) is 0 Å². The van der Waals surface area contributed by atoms with E-state index in [1.165, 1.54) is 6.92 Å². The van der Waals surface area contributed by atoms with Gasteiger partial charge in [-0.2, -0.15) is 17.0 Å². The molecule has 0 saturated heterocycles. The molecule has 13 heavy (non-hydrogen) atoms. The molecule has 6 nitrogen and oxygen atoms in total. The Labute approximate surface area is 79.9 Å². The summed E-state index contributed by atoms with van der Waals surface area (Å²) in [6, 6.07) is -0.161. The molecule has 1 atom stereocenters. The van der Waals surface area contributed by atoms with Gasteiger partial charge in [-0.05, 0) is 6.26 Å². The van der Waals surface area contributed by atoms with Crippen LogP contribution in [0.15, 0.2) is 0 Å². The molecule has 0 saturated carbocycles. The Morgan fingerprint density at radius 2 is 2.54 bits per heavy atom. The molecule has 7 heteroatoms. The van der Waals surface area contributed by atoms with E-state index < -0.39 is 0 Å². The molecule has 0 spiro atoms. The van der Waals surface area contributed by atoms with Crippen LogP contribution in [0.2, 0.25) is 0 Å². The second-order valence-corrected chi connectivity index (χ2v) is 3.39. The van der Waals surface area contributed by atoms with Gasteiger partial charge >= 0.3 is 0 Å². The van der Waals surface area contributed by atoms with E-state index in [1.54, 1.807) is 11.8 Å². The number of carbonyl (C=O) groups is 1. The van der Waals surface area contributed by atoms with Crippen LogP contribution in [0, 0.1) is 0 Å². The van der Waals surface area contributed by atoms with Crippen LogP contribution in [0.4, 0.5) is 0 Å². The zero-order chi connectivity index (χ0) is 9.68. The third kappa shape index (κ3) is 3.02.